The van der Waals surface area contributed by atoms with Gasteiger partial charge in [0.15, 0.2) is 0 Å². The Bertz CT molecular complexity index is 669. The van der Waals surface area contributed by atoms with Crippen LogP contribution >= 0.6 is 23.2 Å². The van der Waals surface area contributed by atoms with Crippen molar-refractivity contribution < 1.29 is 13.9 Å². The van der Waals surface area contributed by atoms with Crippen molar-refractivity contribution in [2.45, 2.75) is 24.4 Å². The smallest absolute Gasteiger partial charge is 0.144 e. The van der Waals surface area contributed by atoms with Crippen LogP contribution in [0.3, 0.4) is 0 Å². The van der Waals surface area contributed by atoms with Gasteiger partial charge in [-0.05, 0) is 6.07 Å². The Kier molecular flexibility index (Phi) is 4.10. The molecule has 1 saturated heterocycles. The van der Waals surface area contributed by atoms with Gasteiger partial charge < -0.3 is 14.0 Å². The summed E-state index contributed by atoms with van der Waals surface area (Å²) in [5, 5.41) is 0.0684. The van der Waals surface area contributed by atoms with E-state index in [9.17, 15) is 4.39 Å². The number of imidazole rings is 1. The van der Waals surface area contributed by atoms with Crippen molar-refractivity contribution in [3.8, 4) is 0 Å². The maximum Gasteiger partial charge on any atom is 0.144 e. The molecule has 1 aromatic carbocycles. The topological polar surface area (TPSA) is 36.3 Å². The van der Waals surface area contributed by atoms with E-state index in [-0.39, 0.29) is 10.9 Å². The van der Waals surface area contributed by atoms with Crippen LogP contribution < -0.4 is 0 Å². The second-order valence-electron chi connectivity index (χ2n) is 5.19. The van der Waals surface area contributed by atoms with Crippen LogP contribution in [0.1, 0.15) is 12.2 Å². The molecule has 0 aliphatic carbocycles. The van der Waals surface area contributed by atoms with Crippen LogP contribution in [0, 0.1) is 5.82 Å². The molecule has 1 fully saturated rings. The normalized spacial score (nSPS) is 22.3. The zero-order chi connectivity index (χ0) is 15.0. The number of methoxy groups -OCH3 is 1. The summed E-state index contributed by atoms with van der Waals surface area (Å²) in [5.41, 5.74) is 0.882. The van der Waals surface area contributed by atoms with E-state index in [1.165, 1.54) is 6.07 Å². The summed E-state index contributed by atoms with van der Waals surface area (Å²) < 4.78 is 26.6. The maximum atomic E-state index is 13.6. The van der Waals surface area contributed by atoms with Crippen molar-refractivity contribution in [3.63, 3.8) is 0 Å². The highest BCUT2D eigenvalue weighted by atomic mass is 35.5. The predicted octanol–water partition coefficient (Wildman–Crippen LogP) is 3.37. The number of fused-ring (bicyclic) bond motifs is 1. The van der Waals surface area contributed by atoms with Gasteiger partial charge in [-0.3, -0.25) is 0 Å². The molecule has 0 amide bonds. The lowest BCUT2D eigenvalue weighted by Gasteiger charge is -2.27. The van der Waals surface area contributed by atoms with Crippen LogP contribution in [0.25, 0.3) is 11.0 Å². The van der Waals surface area contributed by atoms with Crippen molar-refractivity contribution in [1.29, 1.82) is 0 Å². The molecule has 1 aliphatic heterocycles. The van der Waals surface area contributed by atoms with Crippen LogP contribution in [-0.2, 0) is 21.9 Å². The third-order valence-corrected chi connectivity index (χ3v) is 4.46. The molecule has 0 saturated carbocycles. The van der Waals surface area contributed by atoms with Gasteiger partial charge in [0, 0.05) is 26.2 Å². The summed E-state index contributed by atoms with van der Waals surface area (Å²) in [4.78, 5) is 4.38. The molecule has 3 rings (SSSR count). The van der Waals surface area contributed by atoms with E-state index < -0.39 is 11.4 Å². The number of aromatic nitrogens is 2. The molecule has 1 unspecified atom stereocenters. The largest absolute Gasteiger partial charge is 0.378 e. The number of hydrogen-bond donors (Lipinski definition) is 0. The molecule has 0 N–H and O–H groups in total. The Labute approximate surface area is 131 Å². The van der Waals surface area contributed by atoms with Gasteiger partial charge in [0.05, 0.1) is 35.1 Å². The van der Waals surface area contributed by atoms with Gasteiger partial charge in [-0.25, -0.2) is 9.37 Å². The molecule has 114 valence electrons. The van der Waals surface area contributed by atoms with E-state index in [0.717, 1.165) is 11.9 Å². The number of hydrogen-bond acceptors (Lipinski definition) is 3. The zero-order valence-corrected chi connectivity index (χ0v) is 13.0. The van der Waals surface area contributed by atoms with Crippen molar-refractivity contribution in [2.24, 2.45) is 0 Å². The van der Waals surface area contributed by atoms with Crippen LogP contribution in [0.2, 0.25) is 5.02 Å². The Morgan fingerprint density at radius 2 is 2.33 bits per heavy atom. The molecule has 2 aromatic rings. The van der Waals surface area contributed by atoms with E-state index >= 15 is 0 Å². The quantitative estimate of drug-likeness (QED) is 0.805. The lowest BCUT2D eigenvalue weighted by atomic mass is 10.0. The third-order valence-electron chi connectivity index (χ3n) is 3.94. The molecule has 7 heteroatoms. The van der Waals surface area contributed by atoms with Gasteiger partial charge in [0.1, 0.15) is 17.2 Å². The highest BCUT2D eigenvalue weighted by molar-refractivity contribution is 6.31. The first-order valence-electron chi connectivity index (χ1n) is 6.61. The third kappa shape index (κ3) is 2.63. The van der Waals surface area contributed by atoms with Crippen molar-refractivity contribution in [3.05, 3.63) is 28.8 Å². The minimum Gasteiger partial charge on any atom is -0.378 e. The molecular formula is C14H15Cl2FN2O2. The van der Waals surface area contributed by atoms with Gasteiger partial charge in [0.25, 0.3) is 0 Å². The van der Waals surface area contributed by atoms with Crippen molar-refractivity contribution in [2.75, 3.05) is 20.3 Å². The summed E-state index contributed by atoms with van der Waals surface area (Å²) in [5.74, 6) is 0.409. The zero-order valence-electron chi connectivity index (χ0n) is 11.5. The average molecular weight is 333 g/mol. The summed E-state index contributed by atoms with van der Waals surface area (Å²) >= 11 is 11.9. The van der Waals surface area contributed by atoms with Crippen LogP contribution in [0.4, 0.5) is 4.39 Å². The molecule has 1 atom stereocenters. The minimum atomic E-state index is -0.486. The molecule has 1 aliphatic rings. The van der Waals surface area contributed by atoms with Gasteiger partial charge in [-0.1, -0.05) is 11.6 Å². The standard InChI is InChI=1S/C14H15Cl2FN2O2/c1-20-14(2-3-21-8-14)7-19-12-4-9(16)10(17)5-11(12)18-13(19)6-15/h4-5H,2-3,6-8H2,1H3. The Balaban J connectivity index is 2.09. The Morgan fingerprint density at radius 1 is 1.52 bits per heavy atom. The Hall–Kier alpha value is -0.880. The molecule has 0 spiro atoms. The van der Waals surface area contributed by atoms with E-state index in [2.05, 4.69) is 4.98 Å². The summed E-state index contributed by atoms with van der Waals surface area (Å²) in [6.45, 7) is 1.72. The monoisotopic (exact) mass is 332 g/mol. The second kappa shape index (κ2) is 5.72. The van der Waals surface area contributed by atoms with Gasteiger partial charge >= 0.3 is 0 Å². The highest BCUT2D eigenvalue weighted by Gasteiger charge is 2.36. The van der Waals surface area contributed by atoms with Crippen LogP contribution in [0.15, 0.2) is 12.1 Å². The molecular weight excluding hydrogens is 318 g/mol. The SMILES string of the molecule is COC1(Cn2c(CCl)nc3cc(F)c(Cl)cc32)CCOC1. The van der Waals surface area contributed by atoms with E-state index in [1.54, 1.807) is 13.2 Å². The van der Waals surface area contributed by atoms with E-state index in [1.807, 2.05) is 4.57 Å². The molecule has 1 aromatic heterocycles. The molecule has 4 nitrogen and oxygen atoms in total. The molecule has 0 radical (unpaired) electrons. The fourth-order valence-corrected chi connectivity index (χ4v) is 3.04. The summed E-state index contributed by atoms with van der Waals surface area (Å²) in [6.07, 6.45) is 0.791. The lowest BCUT2D eigenvalue weighted by Crippen LogP contribution is -2.37. The van der Waals surface area contributed by atoms with Gasteiger partial charge in [-0.15, -0.1) is 11.6 Å². The number of ether oxygens (including phenoxy) is 2. The number of halogens is 3. The van der Waals surface area contributed by atoms with Crippen molar-refractivity contribution in [1.82, 2.24) is 9.55 Å². The van der Waals surface area contributed by atoms with Crippen molar-refractivity contribution >= 4 is 34.2 Å². The number of benzene rings is 1. The van der Waals surface area contributed by atoms with Gasteiger partial charge in [0.2, 0.25) is 0 Å². The van der Waals surface area contributed by atoms with Crippen LogP contribution in [0.5, 0.6) is 0 Å². The molecule has 0 bridgehead atoms. The van der Waals surface area contributed by atoms with E-state index in [4.69, 9.17) is 32.7 Å². The first-order chi connectivity index (χ1) is 10.1. The predicted molar refractivity (Wildman–Crippen MR) is 79.4 cm³/mol. The van der Waals surface area contributed by atoms with Crippen LogP contribution in [-0.4, -0.2) is 35.5 Å². The molecule has 2 heterocycles. The van der Waals surface area contributed by atoms with Gasteiger partial charge in [-0.2, -0.15) is 0 Å². The highest BCUT2D eigenvalue weighted by Crippen LogP contribution is 2.30. The average Bonchev–Trinajstić information content (AvgIpc) is 3.07. The fraction of sp³-hybridized carbons (Fsp3) is 0.500. The first kappa shape index (κ1) is 15.0. The number of rotatable bonds is 4. The minimum absolute atomic E-state index is 0.0684. The molecule has 21 heavy (non-hydrogen) atoms. The lowest BCUT2D eigenvalue weighted by molar-refractivity contribution is -0.0291. The maximum absolute atomic E-state index is 13.6. The summed E-state index contributed by atoms with van der Waals surface area (Å²) in [7, 11) is 1.67. The number of nitrogens with zero attached hydrogens (tertiary/aromatic N) is 2. The fourth-order valence-electron chi connectivity index (χ4n) is 2.68. The summed E-state index contributed by atoms with van der Waals surface area (Å²) in [6, 6.07) is 2.91. The Morgan fingerprint density at radius 3 is 2.95 bits per heavy atom. The second-order valence-corrected chi connectivity index (χ2v) is 5.87. The first-order valence-corrected chi connectivity index (χ1v) is 7.53. The van der Waals surface area contributed by atoms with E-state index in [0.29, 0.717) is 31.1 Å². The number of alkyl halides is 1.